The lowest BCUT2D eigenvalue weighted by molar-refractivity contribution is -0.120. The smallest absolute Gasteiger partial charge is 0.257 e. The van der Waals surface area contributed by atoms with Gasteiger partial charge in [-0.1, -0.05) is 59.6 Å². The topological polar surface area (TPSA) is 110 Å². The van der Waals surface area contributed by atoms with Gasteiger partial charge in [-0.2, -0.15) is 0 Å². The zero-order valence-corrected chi connectivity index (χ0v) is 23.0. The fraction of sp³-hybridized carbons (Fsp3) is 0.179. The molecule has 39 heavy (non-hydrogen) atoms. The zero-order chi connectivity index (χ0) is 27.6. The van der Waals surface area contributed by atoms with Crippen LogP contribution in [0.25, 0.3) is 0 Å². The van der Waals surface area contributed by atoms with Gasteiger partial charge in [-0.25, -0.2) is 4.98 Å². The van der Waals surface area contributed by atoms with E-state index in [0.717, 1.165) is 11.1 Å². The van der Waals surface area contributed by atoms with Crippen molar-refractivity contribution in [1.82, 2.24) is 10.3 Å². The van der Waals surface area contributed by atoms with Crippen molar-refractivity contribution in [1.29, 1.82) is 0 Å². The summed E-state index contributed by atoms with van der Waals surface area (Å²) in [6, 6.07) is 19.6. The zero-order valence-electron chi connectivity index (χ0n) is 20.7. The van der Waals surface area contributed by atoms with Gasteiger partial charge < -0.3 is 19.9 Å². The highest BCUT2D eigenvalue weighted by molar-refractivity contribution is 7.14. The van der Waals surface area contributed by atoms with Crippen molar-refractivity contribution in [2.24, 2.45) is 0 Å². The molecule has 2 amide bonds. The van der Waals surface area contributed by atoms with Crippen LogP contribution in [0.2, 0.25) is 10.0 Å². The molecule has 0 aliphatic rings. The molecule has 0 atom stereocenters. The molecular formula is C28H25Cl2N3O5S. The Morgan fingerprint density at radius 3 is 2.05 bits per heavy atom. The molecule has 0 aliphatic heterocycles. The number of carbonyl (C=O) groups excluding carboxylic acids is 2. The van der Waals surface area contributed by atoms with Crippen molar-refractivity contribution in [2.45, 2.75) is 19.6 Å². The minimum Gasteiger partial charge on any atom is -0.489 e. The van der Waals surface area contributed by atoms with Gasteiger partial charge in [0.2, 0.25) is 5.91 Å². The number of aromatic nitrogens is 1. The Kier molecular flexibility index (Phi) is 10.2. The van der Waals surface area contributed by atoms with Gasteiger partial charge in [0.15, 0.2) is 5.13 Å². The molecule has 4 rings (SSSR count). The highest BCUT2D eigenvalue weighted by Gasteiger charge is 2.15. The van der Waals surface area contributed by atoms with Crippen LogP contribution in [-0.4, -0.2) is 35.1 Å². The van der Waals surface area contributed by atoms with Crippen molar-refractivity contribution in [3.63, 3.8) is 0 Å². The molecule has 11 heteroatoms. The molecule has 0 saturated carbocycles. The van der Waals surface area contributed by atoms with E-state index in [4.69, 9.17) is 37.8 Å². The number of hydrogen-bond donors (Lipinski definition) is 3. The van der Waals surface area contributed by atoms with Crippen LogP contribution < -0.4 is 20.1 Å². The molecule has 4 aromatic rings. The van der Waals surface area contributed by atoms with Crippen molar-refractivity contribution in [3.05, 3.63) is 105 Å². The van der Waals surface area contributed by atoms with Gasteiger partial charge in [0.1, 0.15) is 24.7 Å². The summed E-state index contributed by atoms with van der Waals surface area (Å²) in [6.07, 6.45) is 0.0395. The normalized spacial score (nSPS) is 10.6. The summed E-state index contributed by atoms with van der Waals surface area (Å²) >= 11 is 13.7. The van der Waals surface area contributed by atoms with Crippen LogP contribution in [0.5, 0.6) is 11.5 Å². The quantitative estimate of drug-likeness (QED) is 0.202. The van der Waals surface area contributed by atoms with E-state index in [0.29, 0.717) is 37.9 Å². The van der Waals surface area contributed by atoms with Crippen molar-refractivity contribution in [3.8, 4) is 11.5 Å². The van der Waals surface area contributed by atoms with Crippen LogP contribution in [0.4, 0.5) is 5.13 Å². The fourth-order valence-corrected chi connectivity index (χ4v) is 4.55. The van der Waals surface area contributed by atoms with Crippen LogP contribution >= 0.6 is 34.5 Å². The van der Waals surface area contributed by atoms with E-state index in [1.165, 1.54) is 11.3 Å². The predicted molar refractivity (Wildman–Crippen MR) is 152 cm³/mol. The van der Waals surface area contributed by atoms with Gasteiger partial charge in [0.05, 0.1) is 18.7 Å². The number of hydrogen-bond acceptors (Lipinski definition) is 7. The van der Waals surface area contributed by atoms with Gasteiger partial charge in [-0.15, -0.1) is 11.3 Å². The standard InChI is InChI=1S/C28H25Cl2N3O5S/c29-24-7-3-1-5-18(24)15-37-22-11-20(12-23(14-22)38-16-19-6-2-4-8-25(19)30)27(36)33-28-32-21(17-39-28)13-26(35)31-9-10-34/h1-8,11-12,14,17,34H,9-10,13,15-16H2,(H,31,35)(H,32,33,36). The Bertz CT molecular complexity index is 1380. The number of anilines is 1. The largest absolute Gasteiger partial charge is 0.489 e. The van der Waals surface area contributed by atoms with E-state index in [1.807, 2.05) is 36.4 Å². The van der Waals surface area contributed by atoms with Gasteiger partial charge in [-0.05, 0) is 24.3 Å². The molecule has 1 aromatic heterocycles. The Morgan fingerprint density at radius 1 is 0.897 bits per heavy atom. The Labute approximate surface area is 239 Å². The Morgan fingerprint density at radius 2 is 1.49 bits per heavy atom. The predicted octanol–water partition coefficient (Wildman–Crippen LogP) is 5.51. The van der Waals surface area contributed by atoms with Gasteiger partial charge in [0, 0.05) is 44.7 Å². The van der Waals surface area contributed by atoms with Crippen LogP contribution in [0.1, 0.15) is 27.2 Å². The van der Waals surface area contributed by atoms with Crippen LogP contribution in [-0.2, 0) is 24.4 Å². The van der Waals surface area contributed by atoms with E-state index in [9.17, 15) is 9.59 Å². The SMILES string of the molecule is O=C(Cc1csc(NC(=O)c2cc(OCc3ccccc3Cl)cc(OCc3ccccc3Cl)c2)n1)NCCO. The van der Waals surface area contributed by atoms with E-state index >= 15 is 0 Å². The number of benzene rings is 3. The van der Waals surface area contributed by atoms with Crippen LogP contribution in [0.3, 0.4) is 0 Å². The first-order valence-corrected chi connectivity index (χ1v) is 13.6. The lowest BCUT2D eigenvalue weighted by atomic mass is 10.2. The molecule has 3 N–H and O–H groups in total. The minimum atomic E-state index is -0.425. The number of ether oxygens (including phenoxy) is 2. The van der Waals surface area contributed by atoms with E-state index in [1.54, 1.807) is 35.7 Å². The number of aliphatic hydroxyl groups excluding tert-OH is 1. The molecule has 0 fully saturated rings. The lowest BCUT2D eigenvalue weighted by Gasteiger charge is -2.13. The summed E-state index contributed by atoms with van der Waals surface area (Å²) in [6.45, 7) is 0.420. The highest BCUT2D eigenvalue weighted by atomic mass is 35.5. The van der Waals surface area contributed by atoms with Gasteiger partial charge in [-0.3, -0.25) is 14.9 Å². The van der Waals surface area contributed by atoms with Gasteiger partial charge in [0.25, 0.3) is 5.91 Å². The van der Waals surface area contributed by atoms with Crippen molar-refractivity contribution in [2.75, 3.05) is 18.5 Å². The Balaban J connectivity index is 1.50. The van der Waals surface area contributed by atoms with Crippen molar-refractivity contribution >= 4 is 51.5 Å². The average Bonchev–Trinajstić information content (AvgIpc) is 3.37. The van der Waals surface area contributed by atoms with Crippen LogP contribution in [0, 0.1) is 0 Å². The maximum atomic E-state index is 13.1. The lowest BCUT2D eigenvalue weighted by Crippen LogP contribution is -2.27. The monoisotopic (exact) mass is 585 g/mol. The summed E-state index contributed by atoms with van der Waals surface area (Å²) in [5.74, 6) is 0.136. The summed E-state index contributed by atoms with van der Waals surface area (Å²) in [5.41, 5.74) is 2.39. The molecule has 8 nitrogen and oxygen atoms in total. The number of nitrogens with one attached hydrogen (secondary N) is 2. The third-order valence-electron chi connectivity index (χ3n) is 5.39. The summed E-state index contributed by atoms with van der Waals surface area (Å²) < 4.78 is 11.9. The molecular weight excluding hydrogens is 561 g/mol. The third kappa shape index (κ3) is 8.43. The van der Waals surface area contributed by atoms with E-state index in [2.05, 4.69) is 15.6 Å². The third-order valence-corrected chi connectivity index (χ3v) is 6.94. The molecule has 202 valence electrons. The molecule has 0 spiro atoms. The molecule has 0 radical (unpaired) electrons. The first-order chi connectivity index (χ1) is 18.9. The Hall–Kier alpha value is -3.63. The molecule has 0 aliphatic carbocycles. The molecule has 0 bridgehead atoms. The first-order valence-electron chi connectivity index (χ1n) is 11.9. The van der Waals surface area contributed by atoms with E-state index < -0.39 is 5.91 Å². The number of nitrogens with zero attached hydrogens (tertiary/aromatic N) is 1. The molecule has 0 saturated heterocycles. The van der Waals surface area contributed by atoms with Gasteiger partial charge >= 0.3 is 0 Å². The van der Waals surface area contributed by atoms with E-state index in [-0.39, 0.29) is 38.7 Å². The number of thiazole rings is 1. The number of carbonyl (C=O) groups is 2. The number of aliphatic hydroxyl groups is 1. The summed E-state index contributed by atoms with van der Waals surface area (Å²) in [7, 11) is 0. The maximum absolute atomic E-state index is 13.1. The summed E-state index contributed by atoms with van der Waals surface area (Å²) in [5, 5.41) is 17.3. The second kappa shape index (κ2) is 14.0. The van der Waals surface area contributed by atoms with Crippen molar-refractivity contribution < 1.29 is 24.2 Å². The molecule has 3 aromatic carbocycles. The highest BCUT2D eigenvalue weighted by Crippen LogP contribution is 2.28. The van der Waals surface area contributed by atoms with Crippen LogP contribution in [0.15, 0.2) is 72.1 Å². The average molecular weight is 586 g/mol. The number of halogens is 2. The first kappa shape index (κ1) is 28.4. The number of rotatable bonds is 12. The minimum absolute atomic E-state index is 0.0395. The fourth-order valence-electron chi connectivity index (χ4n) is 3.46. The number of amides is 2. The molecule has 1 heterocycles. The second-order valence-electron chi connectivity index (χ2n) is 8.30. The summed E-state index contributed by atoms with van der Waals surface area (Å²) in [4.78, 5) is 29.3. The maximum Gasteiger partial charge on any atom is 0.257 e. The second-order valence-corrected chi connectivity index (χ2v) is 9.97. The molecule has 0 unspecified atom stereocenters.